The number of likely N-dealkylation sites (N-methyl/N-ethyl adjacent to an activating group) is 1. The Morgan fingerprint density at radius 1 is 1.32 bits per heavy atom. The number of carbonyl (C=O) groups is 1. The molecular formula is C15H24N2O2. The smallest absolute Gasteiger partial charge is 0.327 e. The topological polar surface area (TPSA) is 41.6 Å². The van der Waals surface area contributed by atoms with Gasteiger partial charge in [0.15, 0.2) is 0 Å². The third-order valence-electron chi connectivity index (χ3n) is 3.21. The molecule has 0 saturated carbocycles. The first-order chi connectivity index (χ1) is 8.95. The molecule has 1 unspecified atom stereocenters. The van der Waals surface area contributed by atoms with E-state index in [1.54, 1.807) is 0 Å². The first kappa shape index (κ1) is 15.7. The molecule has 4 nitrogen and oxygen atoms in total. The maximum Gasteiger partial charge on any atom is 0.327 e. The van der Waals surface area contributed by atoms with Crippen molar-refractivity contribution in [3.63, 3.8) is 0 Å². The Hall–Kier alpha value is -1.39. The number of methoxy groups -OCH3 is 1. The molecule has 1 rings (SSSR count). The summed E-state index contributed by atoms with van der Waals surface area (Å²) >= 11 is 0. The highest BCUT2D eigenvalue weighted by Gasteiger charge is 2.20. The number of nitrogens with zero attached hydrogens (tertiary/aromatic N) is 1. The van der Waals surface area contributed by atoms with E-state index in [-0.39, 0.29) is 5.97 Å². The van der Waals surface area contributed by atoms with Crippen LogP contribution in [-0.2, 0) is 9.53 Å². The van der Waals surface area contributed by atoms with Crippen molar-refractivity contribution in [1.29, 1.82) is 0 Å². The molecule has 19 heavy (non-hydrogen) atoms. The summed E-state index contributed by atoms with van der Waals surface area (Å²) in [5, 5.41) is 3.25. The minimum absolute atomic E-state index is 0.248. The maximum absolute atomic E-state index is 11.9. The molecule has 1 aromatic rings. The third-order valence-corrected chi connectivity index (χ3v) is 3.21. The van der Waals surface area contributed by atoms with Crippen molar-refractivity contribution in [1.82, 2.24) is 10.2 Å². The maximum atomic E-state index is 11.9. The van der Waals surface area contributed by atoms with E-state index in [0.29, 0.717) is 0 Å². The Morgan fingerprint density at radius 2 is 2.00 bits per heavy atom. The predicted octanol–water partition coefficient (Wildman–Crippen LogP) is 1.67. The lowest BCUT2D eigenvalue weighted by molar-refractivity contribution is -0.143. The van der Waals surface area contributed by atoms with Gasteiger partial charge in [0.25, 0.3) is 0 Å². The van der Waals surface area contributed by atoms with Crippen LogP contribution in [0, 0.1) is 13.8 Å². The van der Waals surface area contributed by atoms with Crippen LogP contribution < -0.4 is 5.32 Å². The van der Waals surface area contributed by atoms with Gasteiger partial charge in [-0.1, -0.05) is 18.2 Å². The molecule has 0 spiro atoms. The Bertz CT molecular complexity index is 430. The van der Waals surface area contributed by atoms with E-state index >= 15 is 0 Å². The number of aryl methyl sites for hydroxylation is 2. The second-order valence-corrected chi connectivity index (χ2v) is 5.06. The van der Waals surface area contributed by atoms with E-state index in [1.807, 2.05) is 39.2 Å². The Labute approximate surface area is 115 Å². The van der Waals surface area contributed by atoms with Gasteiger partial charge in [0, 0.05) is 13.1 Å². The zero-order valence-electron chi connectivity index (χ0n) is 12.5. The van der Waals surface area contributed by atoms with Crippen LogP contribution in [0.1, 0.15) is 22.7 Å². The van der Waals surface area contributed by atoms with Crippen LogP contribution in [0.4, 0.5) is 0 Å². The highest BCUT2D eigenvalue weighted by atomic mass is 16.5. The first-order valence-electron chi connectivity index (χ1n) is 6.48. The number of rotatable bonds is 6. The summed E-state index contributed by atoms with van der Waals surface area (Å²) in [7, 11) is 5.43. The second kappa shape index (κ2) is 7.26. The quantitative estimate of drug-likeness (QED) is 0.794. The molecule has 0 bridgehead atoms. The van der Waals surface area contributed by atoms with Crippen molar-refractivity contribution < 1.29 is 9.53 Å². The molecule has 0 aliphatic rings. The van der Waals surface area contributed by atoms with Crippen LogP contribution in [0.15, 0.2) is 18.2 Å². The average Bonchev–Trinajstić information content (AvgIpc) is 2.37. The summed E-state index contributed by atoms with van der Waals surface area (Å²) in [4.78, 5) is 14.0. The lowest BCUT2D eigenvalue weighted by atomic mass is 10.0. The summed E-state index contributed by atoms with van der Waals surface area (Å²) < 4.78 is 4.88. The van der Waals surface area contributed by atoms with Gasteiger partial charge >= 0.3 is 5.97 Å². The summed E-state index contributed by atoms with van der Waals surface area (Å²) in [6.07, 6.45) is 0. The fourth-order valence-electron chi connectivity index (χ4n) is 1.83. The van der Waals surface area contributed by atoms with Gasteiger partial charge in [-0.25, -0.2) is 4.79 Å². The standard InChI is InChI=1S/C15H24N2O2/c1-11-6-7-13(10-12(11)2)14(15(18)19-5)16-8-9-17(3)4/h6-7,10,14,16H,8-9H2,1-5H3. The molecule has 0 saturated heterocycles. The third kappa shape index (κ3) is 4.65. The van der Waals surface area contributed by atoms with Gasteiger partial charge in [-0.15, -0.1) is 0 Å². The highest BCUT2D eigenvalue weighted by Crippen LogP contribution is 2.18. The molecule has 1 aromatic carbocycles. The van der Waals surface area contributed by atoms with Crippen molar-refractivity contribution in [2.24, 2.45) is 0 Å². The van der Waals surface area contributed by atoms with E-state index in [1.165, 1.54) is 18.2 Å². The molecule has 106 valence electrons. The van der Waals surface area contributed by atoms with Crippen molar-refractivity contribution in [3.05, 3.63) is 34.9 Å². The van der Waals surface area contributed by atoms with Crippen molar-refractivity contribution in [3.8, 4) is 0 Å². The lowest BCUT2D eigenvalue weighted by Gasteiger charge is -2.19. The first-order valence-corrected chi connectivity index (χ1v) is 6.48. The molecule has 1 atom stereocenters. The zero-order valence-corrected chi connectivity index (χ0v) is 12.5. The van der Waals surface area contributed by atoms with Gasteiger partial charge < -0.3 is 9.64 Å². The number of benzene rings is 1. The van der Waals surface area contributed by atoms with Gasteiger partial charge in [-0.2, -0.15) is 0 Å². The minimum Gasteiger partial charge on any atom is -0.468 e. The lowest BCUT2D eigenvalue weighted by Crippen LogP contribution is -2.34. The van der Waals surface area contributed by atoms with Crippen LogP contribution in [0.2, 0.25) is 0 Å². The predicted molar refractivity (Wildman–Crippen MR) is 77.2 cm³/mol. The highest BCUT2D eigenvalue weighted by molar-refractivity contribution is 5.77. The Balaban J connectivity index is 2.83. The van der Waals surface area contributed by atoms with E-state index in [2.05, 4.69) is 17.1 Å². The fourth-order valence-corrected chi connectivity index (χ4v) is 1.83. The summed E-state index contributed by atoms with van der Waals surface area (Å²) in [5.41, 5.74) is 3.36. The monoisotopic (exact) mass is 264 g/mol. The van der Waals surface area contributed by atoms with Gasteiger partial charge in [0.1, 0.15) is 6.04 Å². The van der Waals surface area contributed by atoms with Crippen LogP contribution in [0.25, 0.3) is 0 Å². The van der Waals surface area contributed by atoms with Gasteiger partial charge in [0.05, 0.1) is 7.11 Å². The van der Waals surface area contributed by atoms with Gasteiger partial charge in [-0.3, -0.25) is 5.32 Å². The molecule has 4 heteroatoms. The van der Waals surface area contributed by atoms with Crippen molar-refractivity contribution >= 4 is 5.97 Å². The number of esters is 1. The molecule has 0 amide bonds. The summed E-state index contributed by atoms with van der Waals surface area (Å²) in [5.74, 6) is -0.248. The van der Waals surface area contributed by atoms with E-state index < -0.39 is 6.04 Å². The normalized spacial score (nSPS) is 12.5. The molecule has 0 aliphatic carbocycles. The number of hydrogen-bond donors (Lipinski definition) is 1. The minimum atomic E-state index is -0.399. The number of ether oxygens (including phenoxy) is 1. The summed E-state index contributed by atoms with van der Waals surface area (Å²) in [6, 6.07) is 5.66. The fraction of sp³-hybridized carbons (Fsp3) is 0.533. The van der Waals surface area contributed by atoms with Gasteiger partial charge in [-0.05, 0) is 44.6 Å². The van der Waals surface area contributed by atoms with E-state index in [0.717, 1.165) is 18.7 Å². The van der Waals surface area contributed by atoms with Crippen LogP contribution in [0.5, 0.6) is 0 Å². The van der Waals surface area contributed by atoms with Crippen molar-refractivity contribution in [2.45, 2.75) is 19.9 Å². The molecule has 1 N–H and O–H groups in total. The zero-order chi connectivity index (χ0) is 14.4. The second-order valence-electron chi connectivity index (χ2n) is 5.06. The largest absolute Gasteiger partial charge is 0.468 e. The van der Waals surface area contributed by atoms with Crippen LogP contribution in [0.3, 0.4) is 0 Å². The van der Waals surface area contributed by atoms with Crippen LogP contribution >= 0.6 is 0 Å². The number of carbonyl (C=O) groups excluding carboxylic acids is 1. The number of nitrogens with one attached hydrogen (secondary N) is 1. The molecule has 0 aromatic heterocycles. The Morgan fingerprint density at radius 3 is 2.53 bits per heavy atom. The average molecular weight is 264 g/mol. The van der Waals surface area contributed by atoms with Crippen molar-refractivity contribution in [2.75, 3.05) is 34.3 Å². The van der Waals surface area contributed by atoms with Gasteiger partial charge in [0.2, 0.25) is 0 Å². The van der Waals surface area contributed by atoms with E-state index in [4.69, 9.17) is 4.74 Å². The Kier molecular flexibility index (Phi) is 5.99. The summed E-state index contributed by atoms with van der Waals surface area (Å²) in [6.45, 7) is 5.72. The molecule has 0 aliphatic heterocycles. The molecule has 0 radical (unpaired) electrons. The van der Waals surface area contributed by atoms with Crippen LogP contribution in [-0.4, -0.2) is 45.2 Å². The number of hydrogen-bond acceptors (Lipinski definition) is 4. The SMILES string of the molecule is COC(=O)C(NCCN(C)C)c1ccc(C)c(C)c1. The molecule has 0 heterocycles. The molecule has 0 fully saturated rings. The van der Waals surface area contributed by atoms with E-state index in [9.17, 15) is 4.79 Å². The molecular weight excluding hydrogens is 240 g/mol.